The van der Waals surface area contributed by atoms with Gasteiger partial charge in [-0.2, -0.15) is 0 Å². The Balaban J connectivity index is 1.60. The first-order chi connectivity index (χ1) is 23.4. The standard InChI is InChI=1S/C39H34N2O7/c42-36(33-25-32(37(43)44)21-22-40-33)41(34(23-28-13-5-1-6-14-28)38(45)47-26-30-17-9-3-10-18-30)35(24-29-15-7-2-8-16-29)39(46)48-27-31-19-11-4-12-20-31/h1-22,25,34-35H,23-24,26-27H2,(H,43,44). The van der Waals surface area contributed by atoms with Gasteiger partial charge in [0.25, 0.3) is 5.91 Å². The highest BCUT2D eigenvalue weighted by Crippen LogP contribution is 2.23. The quantitative estimate of drug-likeness (QED) is 0.148. The number of carbonyl (C=O) groups excluding carboxylic acids is 3. The maximum Gasteiger partial charge on any atom is 0.335 e. The molecule has 4 aromatic carbocycles. The summed E-state index contributed by atoms with van der Waals surface area (Å²) in [4.78, 5) is 60.1. The summed E-state index contributed by atoms with van der Waals surface area (Å²) in [7, 11) is 0. The van der Waals surface area contributed by atoms with Crippen molar-refractivity contribution in [3.05, 3.63) is 173 Å². The fraction of sp³-hybridized carbons (Fsp3) is 0.154. The van der Waals surface area contributed by atoms with Gasteiger partial charge >= 0.3 is 17.9 Å². The number of carboxylic acids is 1. The Bertz CT molecular complexity index is 1720. The third-order valence-corrected chi connectivity index (χ3v) is 7.67. The van der Waals surface area contributed by atoms with Crippen LogP contribution < -0.4 is 0 Å². The van der Waals surface area contributed by atoms with Crippen molar-refractivity contribution in [2.24, 2.45) is 0 Å². The van der Waals surface area contributed by atoms with Crippen molar-refractivity contribution in [2.45, 2.75) is 38.1 Å². The summed E-state index contributed by atoms with van der Waals surface area (Å²) >= 11 is 0. The highest BCUT2D eigenvalue weighted by molar-refractivity contribution is 6.00. The minimum atomic E-state index is -1.32. The Hall–Kier alpha value is -6.09. The number of carboxylic acid groups (broad SMARTS) is 1. The number of hydrogen-bond donors (Lipinski definition) is 1. The third-order valence-electron chi connectivity index (χ3n) is 7.67. The predicted octanol–water partition coefficient (Wildman–Crippen LogP) is 5.93. The SMILES string of the molecule is O=C(O)c1ccnc(C(=O)N(C(Cc2ccccc2)C(=O)OCc2ccccc2)C(Cc2ccccc2)C(=O)OCc2ccccc2)c1. The molecule has 9 heteroatoms. The van der Waals surface area contributed by atoms with Gasteiger partial charge in [0.2, 0.25) is 0 Å². The second kappa shape index (κ2) is 16.5. The summed E-state index contributed by atoms with van der Waals surface area (Å²) in [5, 5.41) is 9.67. The lowest BCUT2D eigenvalue weighted by Gasteiger charge is -2.36. The van der Waals surface area contributed by atoms with E-state index in [9.17, 15) is 24.3 Å². The fourth-order valence-corrected chi connectivity index (χ4v) is 5.23. The van der Waals surface area contributed by atoms with E-state index in [0.717, 1.165) is 22.1 Å². The molecule has 1 amide bonds. The molecule has 1 heterocycles. The van der Waals surface area contributed by atoms with Crippen molar-refractivity contribution >= 4 is 23.8 Å². The van der Waals surface area contributed by atoms with E-state index in [1.165, 1.54) is 12.3 Å². The summed E-state index contributed by atoms with van der Waals surface area (Å²) < 4.78 is 11.6. The molecule has 0 spiro atoms. The van der Waals surface area contributed by atoms with Crippen molar-refractivity contribution in [2.75, 3.05) is 0 Å². The molecule has 9 nitrogen and oxygen atoms in total. The smallest absolute Gasteiger partial charge is 0.335 e. The van der Waals surface area contributed by atoms with Crippen LogP contribution in [-0.2, 0) is 45.1 Å². The summed E-state index contributed by atoms with van der Waals surface area (Å²) in [6.45, 7) is -0.136. The molecule has 0 aliphatic heterocycles. The summed E-state index contributed by atoms with van der Waals surface area (Å²) in [6.07, 6.45) is 1.20. The zero-order valence-electron chi connectivity index (χ0n) is 26.1. The average molecular weight is 643 g/mol. The Morgan fingerprint density at radius 1 is 0.583 bits per heavy atom. The first kappa shape index (κ1) is 33.3. The van der Waals surface area contributed by atoms with Gasteiger partial charge in [0.15, 0.2) is 0 Å². The molecule has 0 radical (unpaired) electrons. The second-order valence-corrected chi connectivity index (χ2v) is 11.0. The minimum Gasteiger partial charge on any atom is -0.478 e. The van der Waals surface area contributed by atoms with Gasteiger partial charge in [0, 0.05) is 19.0 Å². The van der Waals surface area contributed by atoms with Crippen LogP contribution in [0, 0.1) is 0 Å². The van der Waals surface area contributed by atoms with E-state index < -0.39 is 35.9 Å². The van der Waals surface area contributed by atoms with Crippen LogP contribution in [0.3, 0.4) is 0 Å². The molecule has 0 aliphatic rings. The monoisotopic (exact) mass is 642 g/mol. The molecule has 242 valence electrons. The highest BCUT2D eigenvalue weighted by Gasteiger charge is 2.41. The van der Waals surface area contributed by atoms with Crippen LogP contribution in [0.25, 0.3) is 0 Å². The van der Waals surface area contributed by atoms with Crippen molar-refractivity contribution in [3.8, 4) is 0 Å². The van der Waals surface area contributed by atoms with E-state index in [2.05, 4.69) is 4.98 Å². The first-order valence-corrected chi connectivity index (χ1v) is 15.4. The molecule has 0 fully saturated rings. The average Bonchev–Trinajstić information content (AvgIpc) is 3.13. The number of rotatable bonds is 14. The maximum absolute atomic E-state index is 14.6. The molecule has 0 saturated carbocycles. The Morgan fingerprint density at radius 3 is 1.38 bits per heavy atom. The Labute approximate surface area is 278 Å². The lowest BCUT2D eigenvalue weighted by atomic mass is 9.98. The van der Waals surface area contributed by atoms with E-state index in [4.69, 9.17) is 9.47 Å². The van der Waals surface area contributed by atoms with Gasteiger partial charge in [-0.15, -0.1) is 0 Å². The topological polar surface area (TPSA) is 123 Å². The van der Waals surface area contributed by atoms with Crippen molar-refractivity contribution in [1.82, 2.24) is 9.88 Å². The number of amides is 1. The number of benzene rings is 4. The zero-order valence-corrected chi connectivity index (χ0v) is 26.1. The zero-order chi connectivity index (χ0) is 33.7. The van der Waals surface area contributed by atoms with Gasteiger partial charge in [-0.05, 0) is 34.4 Å². The summed E-state index contributed by atoms with van der Waals surface area (Å²) in [5.74, 6) is -3.59. The molecule has 48 heavy (non-hydrogen) atoms. The van der Waals surface area contributed by atoms with Crippen molar-refractivity contribution in [3.63, 3.8) is 0 Å². The number of carbonyl (C=O) groups is 4. The Kier molecular flexibility index (Phi) is 11.4. The normalized spacial score (nSPS) is 11.9. The molecule has 5 rings (SSSR count). The summed E-state index contributed by atoms with van der Waals surface area (Å²) in [6, 6.07) is 36.1. The molecule has 5 aromatic rings. The van der Waals surface area contributed by atoms with E-state index in [0.29, 0.717) is 11.1 Å². The van der Waals surface area contributed by atoms with E-state index in [-0.39, 0.29) is 37.3 Å². The van der Waals surface area contributed by atoms with Gasteiger partial charge in [-0.3, -0.25) is 9.78 Å². The van der Waals surface area contributed by atoms with Crippen LogP contribution in [-0.4, -0.2) is 50.9 Å². The maximum atomic E-state index is 14.6. The van der Waals surface area contributed by atoms with Crippen molar-refractivity contribution < 1.29 is 33.8 Å². The van der Waals surface area contributed by atoms with Gasteiger partial charge in [-0.1, -0.05) is 121 Å². The molecule has 1 aromatic heterocycles. The molecular weight excluding hydrogens is 608 g/mol. The molecule has 2 atom stereocenters. The largest absolute Gasteiger partial charge is 0.478 e. The number of esters is 2. The lowest BCUT2D eigenvalue weighted by molar-refractivity contribution is -0.157. The molecule has 1 N–H and O–H groups in total. The molecule has 0 aliphatic carbocycles. The second-order valence-electron chi connectivity index (χ2n) is 11.0. The van der Waals surface area contributed by atoms with Gasteiger partial charge in [-0.25, -0.2) is 14.4 Å². The number of aromatic nitrogens is 1. The van der Waals surface area contributed by atoms with E-state index >= 15 is 0 Å². The van der Waals surface area contributed by atoms with Crippen LogP contribution in [0.15, 0.2) is 140 Å². The fourth-order valence-electron chi connectivity index (χ4n) is 5.23. The van der Waals surface area contributed by atoms with Crippen LogP contribution in [0.4, 0.5) is 0 Å². The van der Waals surface area contributed by atoms with Gasteiger partial charge in [0.1, 0.15) is 31.0 Å². The molecule has 0 saturated heterocycles. The minimum absolute atomic E-state index is 0.00389. The third kappa shape index (κ3) is 9.01. The van der Waals surface area contributed by atoms with Gasteiger partial charge < -0.3 is 19.5 Å². The van der Waals surface area contributed by atoms with Crippen LogP contribution in [0.5, 0.6) is 0 Å². The van der Waals surface area contributed by atoms with Crippen LogP contribution >= 0.6 is 0 Å². The number of ether oxygens (including phenoxy) is 2. The molecular formula is C39H34N2O7. The predicted molar refractivity (Wildman–Crippen MR) is 178 cm³/mol. The number of pyridine rings is 1. The molecule has 2 unspecified atom stereocenters. The summed E-state index contributed by atoms with van der Waals surface area (Å²) in [5.41, 5.74) is 2.46. The number of nitrogens with zero attached hydrogens (tertiary/aromatic N) is 2. The van der Waals surface area contributed by atoms with E-state index in [1.54, 1.807) is 24.3 Å². The van der Waals surface area contributed by atoms with Crippen LogP contribution in [0.1, 0.15) is 43.1 Å². The number of aromatic carboxylic acids is 1. The highest BCUT2D eigenvalue weighted by atomic mass is 16.5. The van der Waals surface area contributed by atoms with Gasteiger partial charge in [0.05, 0.1) is 5.56 Å². The Morgan fingerprint density at radius 2 is 0.979 bits per heavy atom. The first-order valence-electron chi connectivity index (χ1n) is 15.4. The number of hydrogen-bond acceptors (Lipinski definition) is 7. The lowest BCUT2D eigenvalue weighted by Crippen LogP contribution is -2.56. The van der Waals surface area contributed by atoms with E-state index in [1.807, 2.05) is 97.1 Å². The van der Waals surface area contributed by atoms with Crippen molar-refractivity contribution in [1.29, 1.82) is 0 Å². The van der Waals surface area contributed by atoms with Crippen LogP contribution in [0.2, 0.25) is 0 Å². The molecule has 0 bridgehead atoms.